The normalized spacial score (nSPS) is 14.7. The molecule has 0 spiro atoms. The van der Waals surface area contributed by atoms with Crippen molar-refractivity contribution in [2.75, 3.05) is 6.61 Å². The monoisotopic (exact) mass is 379 g/mol. The number of halogens is 2. The molecule has 1 aromatic carbocycles. The summed E-state index contributed by atoms with van der Waals surface area (Å²) >= 11 is 6.14. The molecular weight excluding hydrogens is 361 g/mol. The molecular formula is C19H19ClFNO4. The van der Waals surface area contributed by atoms with E-state index in [0.717, 1.165) is 5.56 Å². The first-order valence-electron chi connectivity index (χ1n) is 8.44. The second kappa shape index (κ2) is 7.60. The summed E-state index contributed by atoms with van der Waals surface area (Å²) in [7, 11) is 0. The largest absolute Gasteiger partial charge is 0.478 e. The van der Waals surface area contributed by atoms with Crippen molar-refractivity contribution in [1.29, 1.82) is 0 Å². The van der Waals surface area contributed by atoms with Crippen LogP contribution in [0.2, 0.25) is 5.02 Å². The lowest BCUT2D eigenvalue weighted by atomic mass is 9.90. The number of Topliss-reactive ketones (excluding diaryl/α,β-unsaturated/α-hetero) is 1. The molecule has 1 aliphatic rings. The fraction of sp³-hybridized carbons (Fsp3) is 0.368. The van der Waals surface area contributed by atoms with E-state index in [9.17, 15) is 19.1 Å². The zero-order chi connectivity index (χ0) is 18.8. The number of rotatable bonds is 6. The lowest BCUT2D eigenvalue weighted by molar-refractivity contribution is 0.0657. The third-order valence-corrected chi connectivity index (χ3v) is 5.08. The van der Waals surface area contributed by atoms with Crippen molar-refractivity contribution in [1.82, 2.24) is 4.57 Å². The Morgan fingerprint density at radius 2 is 2.15 bits per heavy atom. The molecule has 0 radical (unpaired) electrons. The lowest BCUT2D eigenvalue weighted by Crippen LogP contribution is -2.21. The van der Waals surface area contributed by atoms with Crippen LogP contribution in [-0.4, -0.2) is 28.0 Å². The maximum atomic E-state index is 13.3. The van der Waals surface area contributed by atoms with Gasteiger partial charge in [-0.1, -0.05) is 24.6 Å². The number of ketones is 1. The van der Waals surface area contributed by atoms with Gasteiger partial charge in [-0.25, -0.2) is 9.18 Å². The van der Waals surface area contributed by atoms with E-state index >= 15 is 0 Å². The minimum Gasteiger partial charge on any atom is -0.478 e. The van der Waals surface area contributed by atoms with Gasteiger partial charge in [0.05, 0.1) is 30.2 Å². The highest BCUT2D eigenvalue weighted by atomic mass is 35.5. The van der Waals surface area contributed by atoms with E-state index in [-0.39, 0.29) is 30.3 Å². The maximum absolute atomic E-state index is 13.3. The molecule has 0 unspecified atom stereocenters. The van der Waals surface area contributed by atoms with E-state index in [2.05, 4.69) is 0 Å². The first-order valence-corrected chi connectivity index (χ1v) is 8.81. The average Bonchev–Trinajstić information content (AvgIpc) is 3.00. The zero-order valence-electron chi connectivity index (χ0n) is 14.3. The van der Waals surface area contributed by atoms with E-state index in [4.69, 9.17) is 16.3 Å². The number of carboxylic acid groups (broad SMARTS) is 1. The van der Waals surface area contributed by atoms with Gasteiger partial charge in [-0.2, -0.15) is 0 Å². The SMILES string of the molecule is CC[C@@H](CC(=O)c1cc(C(=O)O)c2n1CCOC2)c1ccc(F)cc1Cl. The smallest absolute Gasteiger partial charge is 0.337 e. The summed E-state index contributed by atoms with van der Waals surface area (Å²) in [5.41, 5.74) is 1.70. The highest BCUT2D eigenvalue weighted by molar-refractivity contribution is 6.31. The Labute approximate surface area is 155 Å². The van der Waals surface area contributed by atoms with Crippen LogP contribution in [0.4, 0.5) is 4.39 Å². The second-order valence-corrected chi connectivity index (χ2v) is 6.70. The third-order valence-electron chi connectivity index (χ3n) is 4.75. The van der Waals surface area contributed by atoms with Crippen LogP contribution in [0.3, 0.4) is 0 Å². The minimum atomic E-state index is -1.08. The van der Waals surface area contributed by atoms with Gasteiger partial charge in [0.2, 0.25) is 0 Å². The van der Waals surface area contributed by atoms with Gasteiger partial charge in [-0.15, -0.1) is 0 Å². The van der Waals surface area contributed by atoms with Crippen LogP contribution < -0.4 is 0 Å². The Hall–Kier alpha value is -2.18. The van der Waals surface area contributed by atoms with Crippen molar-refractivity contribution in [2.45, 2.75) is 38.8 Å². The van der Waals surface area contributed by atoms with Crippen LogP contribution >= 0.6 is 11.6 Å². The third kappa shape index (κ3) is 3.52. The fourth-order valence-corrected chi connectivity index (χ4v) is 3.70. The molecule has 5 nitrogen and oxygen atoms in total. The predicted molar refractivity (Wildman–Crippen MR) is 94.4 cm³/mol. The fourth-order valence-electron chi connectivity index (χ4n) is 3.38. The van der Waals surface area contributed by atoms with Crippen LogP contribution in [0, 0.1) is 5.82 Å². The van der Waals surface area contributed by atoms with Gasteiger partial charge in [0.15, 0.2) is 5.78 Å². The molecule has 2 aromatic rings. The molecule has 0 amide bonds. The van der Waals surface area contributed by atoms with Crippen LogP contribution in [0.1, 0.15) is 57.8 Å². The Bertz CT molecular complexity index is 861. The second-order valence-electron chi connectivity index (χ2n) is 6.30. The molecule has 1 aromatic heterocycles. The summed E-state index contributed by atoms with van der Waals surface area (Å²) in [6.45, 7) is 2.98. The number of aromatic carboxylic acids is 1. The number of nitrogens with zero attached hydrogens (tertiary/aromatic N) is 1. The van der Waals surface area contributed by atoms with Crippen molar-refractivity contribution in [2.24, 2.45) is 0 Å². The van der Waals surface area contributed by atoms with Crippen LogP contribution in [0.25, 0.3) is 0 Å². The Kier molecular flexibility index (Phi) is 5.44. The van der Waals surface area contributed by atoms with Crippen LogP contribution in [0.15, 0.2) is 24.3 Å². The average molecular weight is 380 g/mol. The number of hydrogen-bond donors (Lipinski definition) is 1. The molecule has 0 aliphatic carbocycles. The van der Waals surface area contributed by atoms with Crippen LogP contribution in [0.5, 0.6) is 0 Å². The topological polar surface area (TPSA) is 68.5 Å². The van der Waals surface area contributed by atoms with Crippen molar-refractivity contribution in [3.8, 4) is 0 Å². The highest BCUT2D eigenvalue weighted by Gasteiger charge is 2.27. The molecule has 1 N–H and O–H groups in total. The molecule has 1 aliphatic heterocycles. The molecule has 2 heterocycles. The lowest BCUT2D eigenvalue weighted by Gasteiger charge is -2.20. The molecule has 1 atom stereocenters. The van der Waals surface area contributed by atoms with Crippen molar-refractivity contribution in [3.63, 3.8) is 0 Å². The van der Waals surface area contributed by atoms with Gasteiger partial charge in [0, 0.05) is 18.0 Å². The van der Waals surface area contributed by atoms with Gasteiger partial charge >= 0.3 is 5.97 Å². The number of hydrogen-bond acceptors (Lipinski definition) is 3. The Morgan fingerprint density at radius 1 is 1.38 bits per heavy atom. The molecule has 0 saturated heterocycles. The van der Waals surface area contributed by atoms with Gasteiger partial charge in [-0.3, -0.25) is 4.79 Å². The van der Waals surface area contributed by atoms with E-state index in [1.807, 2.05) is 6.92 Å². The van der Waals surface area contributed by atoms with E-state index in [0.29, 0.717) is 36.0 Å². The summed E-state index contributed by atoms with van der Waals surface area (Å²) in [5, 5.41) is 9.66. The number of carboxylic acids is 1. The van der Waals surface area contributed by atoms with E-state index in [1.165, 1.54) is 18.2 Å². The van der Waals surface area contributed by atoms with Crippen molar-refractivity contribution >= 4 is 23.4 Å². The molecule has 0 saturated carbocycles. The first kappa shape index (κ1) is 18.6. The number of ether oxygens (including phenoxy) is 1. The Morgan fingerprint density at radius 3 is 2.81 bits per heavy atom. The Balaban J connectivity index is 1.90. The summed E-state index contributed by atoms with van der Waals surface area (Å²) in [4.78, 5) is 24.4. The molecule has 0 fully saturated rings. The number of carbonyl (C=O) groups excluding carboxylic acids is 1. The van der Waals surface area contributed by atoms with Crippen LogP contribution in [-0.2, 0) is 17.9 Å². The summed E-state index contributed by atoms with van der Waals surface area (Å²) < 4.78 is 20.3. The summed E-state index contributed by atoms with van der Waals surface area (Å²) in [6.07, 6.45) is 0.824. The molecule has 0 bridgehead atoms. The quantitative estimate of drug-likeness (QED) is 0.761. The number of carbonyl (C=O) groups is 2. The molecule has 138 valence electrons. The first-order chi connectivity index (χ1) is 12.4. The van der Waals surface area contributed by atoms with Gasteiger partial charge in [0.1, 0.15) is 5.82 Å². The number of fused-ring (bicyclic) bond motifs is 1. The standard InChI is InChI=1S/C19H19ClFNO4/c1-2-11(13-4-3-12(21)8-15(13)20)7-18(23)16-9-14(19(24)25)17-10-26-6-5-22(16)17/h3-4,8-9,11H,2,5-7,10H2,1H3,(H,24,25)/t11-/m0/s1. The van der Waals surface area contributed by atoms with Gasteiger partial charge in [-0.05, 0) is 36.1 Å². The molecule has 26 heavy (non-hydrogen) atoms. The minimum absolute atomic E-state index is 0.0981. The predicted octanol–water partition coefficient (Wildman–Crippen LogP) is 4.28. The van der Waals surface area contributed by atoms with Crippen molar-refractivity contribution < 1.29 is 23.8 Å². The number of benzene rings is 1. The molecule has 7 heteroatoms. The van der Waals surface area contributed by atoms with E-state index in [1.54, 1.807) is 10.6 Å². The van der Waals surface area contributed by atoms with Gasteiger partial charge < -0.3 is 14.4 Å². The van der Waals surface area contributed by atoms with Gasteiger partial charge in [0.25, 0.3) is 0 Å². The zero-order valence-corrected chi connectivity index (χ0v) is 15.1. The summed E-state index contributed by atoms with van der Waals surface area (Å²) in [5.74, 6) is -1.83. The highest BCUT2D eigenvalue weighted by Crippen LogP contribution is 2.32. The van der Waals surface area contributed by atoms with E-state index < -0.39 is 11.8 Å². The number of aromatic nitrogens is 1. The molecule has 3 rings (SSSR count). The summed E-state index contributed by atoms with van der Waals surface area (Å²) in [6, 6.07) is 5.59. The van der Waals surface area contributed by atoms with Crippen molar-refractivity contribution in [3.05, 3.63) is 57.6 Å². The maximum Gasteiger partial charge on any atom is 0.337 e.